The van der Waals surface area contributed by atoms with E-state index < -0.39 is 0 Å². The van der Waals surface area contributed by atoms with E-state index >= 15 is 0 Å². The van der Waals surface area contributed by atoms with Crippen LogP contribution >= 0.6 is 0 Å². The molecular weight excluding hydrogens is 909 g/mol. The van der Waals surface area contributed by atoms with Crippen molar-refractivity contribution in [2.75, 3.05) is 4.90 Å². The average Bonchev–Trinajstić information content (AvgIpc) is 4.05. The molecule has 0 aliphatic heterocycles. The van der Waals surface area contributed by atoms with Crippen LogP contribution in [0.25, 0.3) is 116 Å². The zero-order valence-electron chi connectivity index (χ0n) is 41.0. The van der Waals surface area contributed by atoms with Gasteiger partial charge < -0.3 is 13.9 Å². The van der Waals surface area contributed by atoms with Crippen molar-refractivity contribution in [3.63, 3.8) is 0 Å². The standard InChI is InChI=1S/C72H48N2O/c1-5-18-49(19-6-1)51-32-38-60(39-33-51)73(68-43-37-54(50-20-7-2-8-21-50)47-66(68)53-22-9-3-10-23-53)61-40-34-52(35-41-61)56-44-57(55-36-42-64-63-26-14-16-31-70(63)75-71(64)48-55)46-58(45-56)62-28-17-30-69-72(62)65-27-13-15-29-67(65)74(69)59-24-11-4-12-25-59/h1-48H. The van der Waals surface area contributed by atoms with Crippen LogP contribution in [0.4, 0.5) is 17.1 Å². The summed E-state index contributed by atoms with van der Waals surface area (Å²) in [5.74, 6) is 0. The molecule has 3 nitrogen and oxygen atoms in total. The molecule has 0 N–H and O–H groups in total. The van der Waals surface area contributed by atoms with Gasteiger partial charge in [-0.05, 0) is 158 Å². The molecule has 2 aromatic heterocycles. The number of hydrogen-bond donors (Lipinski definition) is 0. The third kappa shape index (κ3) is 7.95. The number of rotatable bonds is 10. The zero-order valence-corrected chi connectivity index (χ0v) is 41.0. The molecule has 0 aliphatic rings. The number of furan rings is 1. The second-order valence-electron chi connectivity index (χ2n) is 19.3. The van der Waals surface area contributed by atoms with Crippen molar-refractivity contribution < 1.29 is 4.42 Å². The summed E-state index contributed by atoms with van der Waals surface area (Å²) in [5, 5.41) is 4.68. The summed E-state index contributed by atoms with van der Waals surface area (Å²) in [4.78, 5) is 2.41. The number of benzene rings is 12. The Balaban J connectivity index is 0.944. The van der Waals surface area contributed by atoms with Gasteiger partial charge >= 0.3 is 0 Å². The Bertz CT molecular complexity index is 4370. The SMILES string of the molecule is c1ccc(-c2ccc(N(c3ccc(-c4cc(-c5ccc6c(c5)oc5ccccc56)cc(-c5cccc6c5c5ccccc5n6-c5ccccc5)c4)cc3)c3ccc(-c4ccccc4)cc3-c3ccccc3)cc2)cc1. The first-order chi connectivity index (χ1) is 37.2. The van der Waals surface area contributed by atoms with Crippen LogP contribution in [0, 0.1) is 0 Å². The molecule has 3 heteroatoms. The predicted molar refractivity (Wildman–Crippen MR) is 315 cm³/mol. The van der Waals surface area contributed by atoms with Gasteiger partial charge in [0.25, 0.3) is 0 Å². The molecule has 0 fully saturated rings. The smallest absolute Gasteiger partial charge is 0.136 e. The second-order valence-corrected chi connectivity index (χ2v) is 19.3. The van der Waals surface area contributed by atoms with E-state index in [9.17, 15) is 0 Å². The fourth-order valence-electron chi connectivity index (χ4n) is 11.2. The molecule has 14 aromatic rings. The summed E-state index contributed by atoms with van der Waals surface area (Å²) >= 11 is 0. The van der Waals surface area contributed by atoms with E-state index in [4.69, 9.17) is 4.42 Å². The molecule has 0 bridgehead atoms. The molecule has 352 valence electrons. The summed E-state index contributed by atoms with van der Waals surface area (Å²) in [6, 6.07) is 105. The lowest BCUT2D eigenvalue weighted by molar-refractivity contribution is 0.669. The molecule has 0 unspecified atom stereocenters. The van der Waals surface area contributed by atoms with Crippen molar-refractivity contribution >= 4 is 60.8 Å². The van der Waals surface area contributed by atoms with Crippen LogP contribution in [0.15, 0.2) is 296 Å². The summed E-state index contributed by atoms with van der Waals surface area (Å²) in [6.45, 7) is 0. The topological polar surface area (TPSA) is 21.3 Å². The van der Waals surface area contributed by atoms with E-state index in [1.54, 1.807) is 0 Å². The third-order valence-electron chi connectivity index (χ3n) is 14.8. The highest BCUT2D eigenvalue weighted by Crippen LogP contribution is 2.46. The lowest BCUT2D eigenvalue weighted by Crippen LogP contribution is -2.11. The van der Waals surface area contributed by atoms with Crippen molar-refractivity contribution in [1.29, 1.82) is 0 Å². The third-order valence-corrected chi connectivity index (χ3v) is 14.8. The molecule has 14 rings (SSSR count). The quantitative estimate of drug-likeness (QED) is 0.136. The van der Waals surface area contributed by atoms with Gasteiger partial charge in [-0.25, -0.2) is 0 Å². The van der Waals surface area contributed by atoms with Gasteiger partial charge in [-0.1, -0.05) is 194 Å². The molecular formula is C72H48N2O. The molecule has 0 saturated heterocycles. The van der Waals surface area contributed by atoms with Gasteiger partial charge in [-0.3, -0.25) is 0 Å². The maximum absolute atomic E-state index is 6.49. The number of hydrogen-bond acceptors (Lipinski definition) is 2. The van der Waals surface area contributed by atoms with Crippen LogP contribution < -0.4 is 4.90 Å². The second kappa shape index (κ2) is 18.6. The first-order valence-corrected chi connectivity index (χ1v) is 25.6. The number of fused-ring (bicyclic) bond motifs is 6. The van der Waals surface area contributed by atoms with Crippen LogP contribution in [0.1, 0.15) is 0 Å². The highest BCUT2D eigenvalue weighted by Gasteiger charge is 2.21. The zero-order chi connectivity index (χ0) is 49.7. The van der Waals surface area contributed by atoms with Gasteiger partial charge in [0.05, 0.1) is 16.7 Å². The Kier molecular flexibility index (Phi) is 10.8. The lowest BCUT2D eigenvalue weighted by Gasteiger charge is -2.29. The number of aromatic nitrogens is 1. The van der Waals surface area contributed by atoms with Crippen molar-refractivity contribution in [3.05, 3.63) is 291 Å². The van der Waals surface area contributed by atoms with Gasteiger partial charge in [0.15, 0.2) is 0 Å². The molecule has 12 aromatic carbocycles. The van der Waals surface area contributed by atoms with Crippen molar-refractivity contribution in [2.24, 2.45) is 0 Å². The van der Waals surface area contributed by atoms with E-state index in [1.165, 1.54) is 49.6 Å². The molecule has 0 amide bonds. The average molecular weight is 957 g/mol. The van der Waals surface area contributed by atoms with Crippen LogP contribution in [0.3, 0.4) is 0 Å². The molecule has 0 atom stereocenters. The van der Waals surface area contributed by atoms with Crippen LogP contribution in [0.5, 0.6) is 0 Å². The maximum atomic E-state index is 6.49. The highest BCUT2D eigenvalue weighted by molar-refractivity contribution is 6.16. The van der Waals surface area contributed by atoms with Gasteiger partial charge in [-0.15, -0.1) is 0 Å². The van der Waals surface area contributed by atoms with Gasteiger partial charge in [0, 0.05) is 44.2 Å². The maximum Gasteiger partial charge on any atom is 0.136 e. The van der Waals surface area contributed by atoms with Gasteiger partial charge in [0.1, 0.15) is 11.2 Å². The van der Waals surface area contributed by atoms with E-state index in [-0.39, 0.29) is 0 Å². The largest absolute Gasteiger partial charge is 0.456 e. The van der Waals surface area contributed by atoms with Crippen LogP contribution in [-0.2, 0) is 0 Å². The minimum absolute atomic E-state index is 0.876. The van der Waals surface area contributed by atoms with E-state index in [2.05, 4.69) is 289 Å². The fraction of sp³-hybridized carbons (Fsp3) is 0. The molecule has 0 aliphatic carbocycles. The summed E-state index contributed by atoms with van der Waals surface area (Å²) < 4.78 is 8.89. The minimum Gasteiger partial charge on any atom is -0.456 e. The van der Waals surface area contributed by atoms with Crippen molar-refractivity contribution in [1.82, 2.24) is 4.57 Å². The molecule has 0 saturated carbocycles. The van der Waals surface area contributed by atoms with E-state index in [0.29, 0.717) is 0 Å². The Hall–Kier alpha value is -9.96. The Labute approximate surface area is 436 Å². The minimum atomic E-state index is 0.876. The predicted octanol–water partition coefficient (Wildman–Crippen LogP) is 20.2. The molecule has 0 radical (unpaired) electrons. The number of nitrogens with zero attached hydrogens (tertiary/aromatic N) is 2. The Morgan fingerprint density at radius 3 is 1.44 bits per heavy atom. The summed E-state index contributed by atoms with van der Waals surface area (Å²) in [5.41, 5.74) is 22.3. The first kappa shape index (κ1) is 43.8. The molecule has 75 heavy (non-hydrogen) atoms. The number of anilines is 3. The normalized spacial score (nSPS) is 11.5. The van der Waals surface area contributed by atoms with Crippen LogP contribution in [0.2, 0.25) is 0 Å². The van der Waals surface area contributed by atoms with Crippen molar-refractivity contribution in [3.8, 4) is 72.4 Å². The van der Waals surface area contributed by atoms with Gasteiger partial charge in [-0.2, -0.15) is 0 Å². The summed E-state index contributed by atoms with van der Waals surface area (Å²) in [6.07, 6.45) is 0. The van der Waals surface area contributed by atoms with Crippen molar-refractivity contribution in [2.45, 2.75) is 0 Å². The monoisotopic (exact) mass is 956 g/mol. The fourth-order valence-corrected chi connectivity index (χ4v) is 11.2. The van der Waals surface area contributed by atoms with Crippen LogP contribution in [-0.4, -0.2) is 4.57 Å². The number of para-hydroxylation sites is 3. The lowest BCUT2D eigenvalue weighted by atomic mass is 9.91. The van der Waals surface area contributed by atoms with E-state index in [1.807, 2.05) is 12.1 Å². The highest BCUT2D eigenvalue weighted by atomic mass is 16.3. The summed E-state index contributed by atoms with van der Waals surface area (Å²) in [7, 11) is 0. The first-order valence-electron chi connectivity index (χ1n) is 25.6. The Morgan fingerprint density at radius 1 is 0.267 bits per heavy atom. The van der Waals surface area contributed by atoms with Gasteiger partial charge in [0.2, 0.25) is 0 Å². The molecule has 2 heterocycles. The Morgan fingerprint density at radius 2 is 0.747 bits per heavy atom. The molecule has 0 spiro atoms. The van der Waals surface area contributed by atoms with E-state index in [0.717, 1.165) is 83.6 Å².